The molecule has 3 N–H and O–H groups in total. The topological polar surface area (TPSA) is 80.3 Å². The first-order valence-corrected chi connectivity index (χ1v) is 13.3. The highest BCUT2D eigenvalue weighted by atomic mass is 35.5. The van der Waals surface area contributed by atoms with E-state index in [1.54, 1.807) is 13.3 Å². The molecule has 0 bridgehead atoms. The van der Waals surface area contributed by atoms with Crippen molar-refractivity contribution in [1.29, 1.82) is 0 Å². The molecule has 2 aromatic rings. The van der Waals surface area contributed by atoms with Gasteiger partial charge in [0.1, 0.15) is 5.82 Å². The molecular formula is C27H40ClN5O2. The number of methoxy groups -OCH3 is 1. The van der Waals surface area contributed by atoms with Gasteiger partial charge in [-0.15, -0.1) is 0 Å². The van der Waals surface area contributed by atoms with Gasteiger partial charge in [0.2, 0.25) is 0 Å². The number of ether oxygens (including phenoxy) is 2. The Morgan fingerprint density at radius 2 is 1.86 bits per heavy atom. The second kappa shape index (κ2) is 12.3. The Kier molecular flexibility index (Phi) is 9.22. The third kappa shape index (κ3) is 7.53. The van der Waals surface area contributed by atoms with Crippen molar-refractivity contribution >= 4 is 23.1 Å². The van der Waals surface area contributed by atoms with E-state index in [-0.39, 0.29) is 5.41 Å². The minimum Gasteiger partial charge on any atom is -0.383 e. The van der Waals surface area contributed by atoms with Crippen LogP contribution in [0.5, 0.6) is 0 Å². The molecule has 1 saturated carbocycles. The first-order chi connectivity index (χ1) is 16.9. The number of hydrogen-bond donors (Lipinski definition) is 3. The van der Waals surface area contributed by atoms with Crippen LogP contribution in [0.4, 0.5) is 11.5 Å². The summed E-state index contributed by atoms with van der Waals surface area (Å²) in [6.07, 6.45) is 12.1. The molecule has 192 valence electrons. The summed E-state index contributed by atoms with van der Waals surface area (Å²) in [7, 11) is 1.75. The first kappa shape index (κ1) is 26.1. The number of aromatic nitrogens is 2. The predicted octanol–water partition coefficient (Wildman–Crippen LogP) is 5.37. The van der Waals surface area contributed by atoms with Crippen LogP contribution in [0.1, 0.15) is 52.4 Å². The van der Waals surface area contributed by atoms with Crippen LogP contribution in [-0.2, 0) is 9.47 Å². The van der Waals surface area contributed by atoms with Crippen LogP contribution in [-0.4, -0.2) is 61.6 Å². The van der Waals surface area contributed by atoms with Crippen molar-refractivity contribution in [2.24, 2.45) is 5.41 Å². The van der Waals surface area contributed by atoms with Crippen LogP contribution < -0.4 is 16.0 Å². The third-order valence-electron chi connectivity index (χ3n) is 7.34. The zero-order valence-electron chi connectivity index (χ0n) is 21.3. The van der Waals surface area contributed by atoms with Gasteiger partial charge in [-0.25, -0.2) is 4.98 Å². The van der Waals surface area contributed by atoms with Crippen LogP contribution in [0, 0.1) is 5.41 Å². The molecule has 0 aromatic carbocycles. The van der Waals surface area contributed by atoms with Gasteiger partial charge >= 0.3 is 0 Å². The van der Waals surface area contributed by atoms with Gasteiger partial charge in [0.15, 0.2) is 0 Å². The zero-order chi connectivity index (χ0) is 24.7. The Labute approximate surface area is 214 Å². The molecule has 0 radical (unpaired) electrons. The summed E-state index contributed by atoms with van der Waals surface area (Å²) in [6.45, 7) is 7.82. The maximum absolute atomic E-state index is 6.57. The average Bonchev–Trinajstić information content (AvgIpc) is 2.86. The van der Waals surface area contributed by atoms with Gasteiger partial charge in [-0.2, -0.15) is 0 Å². The van der Waals surface area contributed by atoms with Crippen molar-refractivity contribution in [3.8, 4) is 11.1 Å². The minimum absolute atomic E-state index is 0.246. The van der Waals surface area contributed by atoms with E-state index in [0.29, 0.717) is 23.1 Å². The number of pyridine rings is 2. The molecule has 7 nitrogen and oxygen atoms in total. The maximum atomic E-state index is 6.57. The van der Waals surface area contributed by atoms with Crippen LogP contribution in [0.2, 0.25) is 5.02 Å². The Balaban J connectivity index is 1.36. The normalized spacial score (nSPS) is 23.0. The average molecular weight is 502 g/mol. The van der Waals surface area contributed by atoms with Crippen LogP contribution in [0.3, 0.4) is 0 Å². The molecule has 2 fully saturated rings. The summed E-state index contributed by atoms with van der Waals surface area (Å²) < 4.78 is 10.8. The van der Waals surface area contributed by atoms with E-state index >= 15 is 0 Å². The lowest BCUT2D eigenvalue weighted by Crippen LogP contribution is -2.42. The number of rotatable bonds is 10. The van der Waals surface area contributed by atoms with Crippen molar-refractivity contribution in [1.82, 2.24) is 15.3 Å². The number of halogens is 1. The van der Waals surface area contributed by atoms with Gasteiger partial charge < -0.3 is 25.4 Å². The molecule has 8 heteroatoms. The smallest absolute Gasteiger partial charge is 0.126 e. The van der Waals surface area contributed by atoms with E-state index in [1.807, 2.05) is 18.5 Å². The highest BCUT2D eigenvalue weighted by molar-refractivity contribution is 6.33. The molecule has 0 amide bonds. The standard InChI is InChI=1S/C27H40ClN5O2/c1-19(17-34-3)32-21-4-6-22(7-5-21)33-26-13-24(25(28)16-30-26)20-12-23(15-29-14-20)31-18-27(2)8-10-35-11-9-27/h12-16,19,21-22,31-32H,4-11,17-18H2,1-3H3,(H,30,33)/t19-,21?,22?/m0/s1. The number of nitrogens with zero attached hydrogens (tertiary/aromatic N) is 2. The summed E-state index contributed by atoms with van der Waals surface area (Å²) in [6, 6.07) is 5.52. The molecule has 2 aliphatic rings. The molecule has 0 spiro atoms. The van der Waals surface area contributed by atoms with Gasteiger partial charge in [0.25, 0.3) is 0 Å². The number of anilines is 2. The van der Waals surface area contributed by atoms with Gasteiger partial charge in [-0.05, 0) is 63.0 Å². The maximum Gasteiger partial charge on any atom is 0.126 e. The summed E-state index contributed by atoms with van der Waals surface area (Å²) in [5, 5.41) is 11.5. The lowest BCUT2D eigenvalue weighted by Gasteiger charge is -2.33. The van der Waals surface area contributed by atoms with Gasteiger partial charge in [0, 0.05) is 74.7 Å². The van der Waals surface area contributed by atoms with E-state index < -0.39 is 0 Å². The predicted molar refractivity (Wildman–Crippen MR) is 143 cm³/mol. The van der Waals surface area contributed by atoms with E-state index in [1.165, 1.54) is 0 Å². The molecule has 1 aliphatic heterocycles. The summed E-state index contributed by atoms with van der Waals surface area (Å²) in [4.78, 5) is 9.03. The number of nitrogens with one attached hydrogen (secondary N) is 3. The van der Waals surface area contributed by atoms with Crippen LogP contribution >= 0.6 is 11.6 Å². The highest BCUT2D eigenvalue weighted by Gasteiger charge is 2.27. The second-order valence-electron chi connectivity index (χ2n) is 10.5. The van der Waals surface area contributed by atoms with Gasteiger partial charge in [-0.1, -0.05) is 18.5 Å². The van der Waals surface area contributed by atoms with Crippen molar-refractivity contribution in [3.63, 3.8) is 0 Å². The molecule has 35 heavy (non-hydrogen) atoms. The van der Waals surface area contributed by atoms with Crippen molar-refractivity contribution < 1.29 is 9.47 Å². The molecule has 1 atom stereocenters. The van der Waals surface area contributed by atoms with Gasteiger partial charge in [0.05, 0.1) is 17.3 Å². The largest absolute Gasteiger partial charge is 0.383 e. The third-order valence-corrected chi connectivity index (χ3v) is 7.64. The van der Waals surface area contributed by atoms with Gasteiger partial charge in [-0.3, -0.25) is 4.98 Å². The van der Waals surface area contributed by atoms with E-state index in [0.717, 1.165) is 87.5 Å². The van der Waals surface area contributed by atoms with Crippen molar-refractivity contribution in [3.05, 3.63) is 35.7 Å². The van der Waals surface area contributed by atoms with E-state index in [9.17, 15) is 0 Å². The Hall–Kier alpha value is -1.93. The molecule has 0 unspecified atom stereocenters. The fourth-order valence-electron chi connectivity index (χ4n) is 5.09. The Morgan fingerprint density at radius 3 is 2.60 bits per heavy atom. The highest BCUT2D eigenvalue weighted by Crippen LogP contribution is 2.33. The minimum atomic E-state index is 0.246. The molecule has 4 rings (SSSR count). The molecule has 3 heterocycles. The van der Waals surface area contributed by atoms with E-state index in [4.69, 9.17) is 21.1 Å². The lowest BCUT2D eigenvalue weighted by molar-refractivity contribution is 0.0300. The summed E-state index contributed by atoms with van der Waals surface area (Å²) >= 11 is 6.57. The first-order valence-electron chi connectivity index (χ1n) is 12.9. The molecule has 1 aliphatic carbocycles. The van der Waals surface area contributed by atoms with Crippen molar-refractivity contribution in [2.75, 3.05) is 44.1 Å². The van der Waals surface area contributed by atoms with Crippen LogP contribution in [0.15, 0.2) is 30.7 Å². The summed E-state index contributed by atoms with van der Waals surface area (Å²) in [5.74, 6) is 0.863. The second-order valence-corrected chi connectivity index (χ2v) is 10.9. The SMILES string of the molecule is COC[C@H](C)NC1CCC(Nc2cc(-c3cncc(NCC4(C)CCOCC4)c3)c(Cl)cn2)CC1. The lowest BCUT2D eigenvalue weighted by atomic mass is 9.82. The fraction of sp³-hybridized carbons (Fsp3) is 0.630. The fourth-order valence-corrected chi connectivity index (χ4v) is 5.31. The molecular weight excluding hydrogens is 462 g/mol. The number of hydrogen-bond acceptors (Lipinski definition) is 7. The van der Waals surface area contributed by atoms with Crippen LogP contribution in [0.25, 0.3) is 11.1 Å². The van der Waals surface area contributed by atoms with Crippen molar-refractivity contribution in [2.45, 2.75) is 70.5 Å². The Morgan fingerprint density at radius 1 is 1.11 bits per heavy atom. The van der Waals surface area contributed by atoms with E-state index in [2.05, 4.69) is 45.8 Å². The Bertz CT molecular complexity index is 945. The summed E-state index contributed by atoms with van der Waals surface area (Å²) in [5.41, 5.74) is 3.19. The monoisotopic (exact) mass is 501 g/mol. The zero-order valence-corrected chi connectivity index (χ0v) is 22.0. The quantitative estimate of drug-likeness (QED) is 0.403. The molecule has 2 aromatic heterocycles. The molecule has 1 saturated heterocycles.